The number of amides is 3. The van der Waals surface area contributed by atoms with E-state index in [1.807, 2.05) is 36.4 Å². The molecular formula is C24H32N6O2S. The summed E-state index contributed by atoms with van der Waals surface area (Å²) in [4.78, 5) is 36.0. The average Bonchev–Trinajstić information content (AvgIpc) is 2.85. The number of carbonyl (C=O) groups excluding carboxylic acids is 2. The SMILES string of the molecule is CCN1CCN(CCNC(=O)Cc2ccc(NC(=O)N3CCSc4ncccc43)cc2)CC1. The Labute approximate surface area is 199 Å². The van der Waals surface area contributed by atoms with Gasteiger partial charge in [0.05, 0.1) is 12.1 Å². The van der Waals surface area contributed by atoms with E-state index >= 15 is 0 Å². The Morgan fingerprint density at radius 1 is 1.03 bits per heavy atom. The van der Waals surface area contributed by atoms with Crippen molar-refractivity contribution in [1.82, 2.24) is 20.1 Å². The number of carbonyl (C=O) groups is 2. The Kier molecular flexibility index (Phi) is 8.20. The highest BCUT2D eigenvalue weighted by molar-refractivity contribution is 7.99. The van der Waals surface area contributed by atoms with Crippen molar-refractivity contribution < 1.29 is 9.59 Å². The quantitative estimate of drug-likeness (QED) is 0.650. The fraction of sp³-hybridized carbons (Fsp3) is 0.458. The first-order valence-corrected chi connectivity index (χ1v) is 12.6. The molecule has 3 amide bonds. The second-order valence-electron chi connectivity index (χ2n) is 8.26. The van der Waals surface area contributed by atoms with Crippen LogP contribution >= 0.6 is 11.8 Å². The van der Waals surface area contributed by atoms with Gasteiger partial charge >= 0.3 is 6.03 Å². The number of fused-ring (bicyclic) bond motifs is 1. The number of nitrogens with one attached hydrogen (secondary N) is 2. The van der Waals surface area contributed by atoms with Crippen molar-refractivity contribution in [3.05, 3.63) is 48.2 Å². The van der Waals surface area contributed by atoms with Crippen molar-refractivity contribution in [3.63, 3.8) is 0 Å². The number of anilines is 2. The zero-order chi connectivity index (χ0) is 23.0. The van der Waals surface area contributed by atoms with Gasteiger partial charge in [0, 0.05) is 63.5 Å². The third-order valence-corrected chi connectivity index (χ3v) is 7.05. The van der Waals surface area contributed by atoms with Gasteiger partial charge in [0.2, 0.25) is 5.91 Å². The average molecular weight is 469 g/mol. The molecule has 4 rings (SSSR count). The number of pyridine rings is 1. The normalized spacial score (nSPS) is 16.8. The third kappa shape index (κ3) is 6.46. The van der Waals surface area contributed by atoms with Gasteiger partial charge in [-0.1, -0.05) is 19.1 Å². The van der Waals surface area contributed by atoms with E-state index in [0.717, 1.165) is 61.3 Å². The van der Waals surface area contributed by atoms with Gasteiger partial charge in [0.15, 0.2) is 0 Å². The van der Waals surface area contributed by atoms with Gasteiger partial charge in [-0.15, -0.1) is 11.8 Å². The molecule has 176 valence electrons. The van der Waals surface area contributed by atoms with Gasteiger partial charge in [-0.05, 0) is 36.4 Å². The zero-order valence-corrected chi connectivity index (χ0v) is 19.9. The molecule has 33 heavy (non-hydrogen) atoms. The lowest BCUT2D eigenvalue weighted by atomic mass is 10.1. The van der Waals surface area contributed by atoms with Crippen LogP contribution < -0.4 is 15.5 Å². The van der Waals surface area contributed by atoms with Crippen LogP contribution in [0.15, 0.2) is 47.6 Å². The number of benzene rings is 1. The van der Waals surface area contributed by atoms with E-state index in [2.05, 4.69) is 32.3 Å². The molecule has 1 saturated heterocycles. The van der Waals surface area contributed by atoms with Crippen LogP contribution in [-0.2, 0) is 11.2 Å². The largest absolute Gasteiger partial charge is 0.355 e. The highest BCUT2D eigenvalue weighted by atomic mass is 32.2. The number of piperazine rings is 1. The molecule has 0 radical (unpaired) electrons. The minimum absolute atomic E-state index is 0.0221. The minimum atomic E-state index is -0.171. The summed E-state index contributed by atoms with van der Waals surface area (Å²) in [6, 6.07) is 11.1. The van der Waals surface area contributed by atoms with E-state index in [4.69, 9.17) is 0 Å². The molecule has 0 aliphatic carbocycles. The maximum Gasteiger partial charge on any atom is 0.326 e. The number of nitrogens with zero attached hydrogens (tertiary/aromatic N) is 4. The van der Waals surface area contributed by atoms with Crippen LogP contribution in [0.25, 0.3) is 0 Å². The Morgan fingerprint density at radius 3 is 2.55 bits per heavy atom. The monoisotopic (exact) mass is 468 g/mol. The van der Waals surface area contributed by atoms with E-state index in [1.54, 1.807) is 22.9 Å². The summed E-state index contributed by atoms with van der Waals surface area (Å²) in [7, 11) is 0. The standard InChI is InChI=1S/C24H32N6O2S/c1-2-28-12-14-29(15-13-28)11-10-25-22(31)18-19-5-7-20(8-6-19)27-24(32)30-16-17-33-23-21(30)4-3-9-26-23/h3-9H,2,10-18H2,1H3,(H,25,31)(H,27,32). The predicted octanol–water partition coefficient (Wildman–Crippen LogP) is 2.52. The van der Waals surface area contributed by atoms with Gasteiger partial charge in [-0.2, -0.15) is 0 Å². The van der Waals surface area contributed by atoms with Gasteiger partial charge < -0.3 is 15.5 Å². The van der Waals surface area contributed by atoms with Crippen LogP contribution in [0.4, 0.5) is 16.2 Å². The van der Waals surface area contributed by atoms with Crippen molar-refractivity contribution in [2.24, 2.45) is 0 Å². The molecule has 3 heterocycles. The van der Waals surface area contributed by atoms with Crippen LogP contribution in [0.5, 0.6) is 0 Å². The summed E-state index contributed by atoms with van der Waals surface area (Å²) < 4.78 is 0. The maximum absolute atomic E-state index is 12.8. The van der Waals surface area contributed by atoms with Gasteiger partial charge in [0.25, 0.3) is 0 Å². The lowest BCUT2D eigenvalue weighted by molar-refractivity contribution is -0.120. The molecule has 1 aromatic heterocycles. The molecule has 2 N–H and O–H groups in total. The summed E-state index contributed by atoms with van der Waals surface area (Å²) in [6.45, 7) is 9.84. The fourth-order valence-electron chi connectivity index (χ4n) is 4.09. The topological polar surface area (TPSA) is 80.8 Å². The van der Waals surface area contributed by atoms with Gasteiger partial charge in [-0.25, -0.2) is 9.78 Å². The third-order valence-electron chi connectivity index (χ3n) is 6.07. The molecule has 9 heteroatoms. The van der Waals surface area contributed by atoms with E-state index < -0.39 is 0 Å². The molecule has 0 saturated carbocycles. The molecule has 0 unspecified atom stereocenters. The van der Waals surface area contributed by atoms with Crippen molar-refractivity contribution in [3.8, 4) is 0 Å². The van der Waals surface area contributed by atoms with Crippen molar-refractivity contribution in [2.45, 2.75) is 18.4 Å². The molecule has 0 atom stereocenters. The molecular weight excluding hydrogens is 436 g/mol. The lowest BCUT2D eigenvalue weighted by Crippen LogP contribution is -2.48. The van der Waals surface area contributed by atoms with E-state index in [9.17, 15) is 9.59 Å². The van der Waals surface area contributed by atoms with Crippen LogP contribution in [0.2, 0.25) is 0 Å². The summed E-state index contributed by atoms with van der Waals surface area (Å²) in [5.74, 6) is 0.842. The predicted molar refractivity (Wildman–Crippen MR) is 133 cm³/mol. The number of hydrogen-bond acceptors (Lipinski definition) is 6. The van der Waals surface area contributed by atoms with Gasteiger partial charge in [0.1, 0.15) is 5.03 Å². The molecule has 2 aromatic rings. The maximum atomic E-state index is 12.8. The van der Waals surface area contributed by atoms with Crippen LogP contribution in [0.1, 0.15) is 12.5 Å². The number of likely N-dealkylation sites (N-methyl/N-ethyl adjacent to an activating group) is 1. The second kappa shape index (κ2) is 11.5. The highest BCUT2D eigenvalue weighted by Crippen LogP contribution is 2.32. The number of hydrogen-bond donors (Lipinski definition) is 2. The first kappa shape index (κ1) is 23.5. The molecule has 8 nitrogen and oxygen atoms in total. The Bertz CT molecular complexity index is 946. The van der Waals surface area contributed by atoms with Gasteiger partial charge in [-0.3, -0.25) is 14.6 Å². The lowest BCUT2D eigenvalue weighted by Gasteiger charge is -2.33. The van der Waals surface area contributed by atoms with Crippen molar-refractivity contribution in [2.75, 3.05) is 68.3 Å². The Balaban J connectivity index is 1.21. The Hall–Kier alpha value is -2.62. The zero-order valence-electron chi connectivity index (χ0n) is 19.1. The number of rotatable bonds is 7. The number of thioether (sulfide) groups is 1. The number of urea groups is 1. The molecule has 1 fully saturated rings. The second-order valence-corrected chi connectivity index (χ2v) is 9.34. The smallest absolute Gasteiger partial charge is 0.326 e. The number of aromatic nitrogens is 1. The molecule has 2 aliphatic rings. The van der Waals surface area contributed by atoms with E-state index in [1.165, 1.54) is 0 Å². The van der Waals surface area contributed by atoms with E-state index in [0.29, 0.717) is 25.2 Å². The Morgan fingerprint density at radius 2 is 1.79 bits per heavy atom. The first-order valence-electron chi connectivity index (χ1n) is 11.6. The van der Waals surface area contributed by atoms with Crippen molar-refractivity contribution >= 4 is 35.1 Å². The van der Waals surface area contributed by atoms with Crippen molar-refractivity contribution in [1.29, 1.82) is 0 Å². The van der Waals surface area contributed by atoms with Crippen LogP contribution in [-0.4, -0.2) is 84.8 Å². The molecule has 2 aliphatic heterocycles. The molecule has 0 spiro atoms. The minimum Gasteiger partial charge on any atom is -0.355 e. The van der Waals surface area contributed by atoms with Crippen LogP contribution in [0, 0.1) is 0 Å². The highest BCUT2D eigenvalue weighted by Gasteiger charge is 2.23. The summed E-state index contributed by atoms with van der Waals surface area (Å²) in [5.41, 5.74) is 2.47. The molecule has 0 bridgehead atoms. The van der Waals surface area contributed by atoms with E-state index in [-0.39, 0.29) is 11.9 Å². The molecule has 1 aromatic carbocycles. The fourth-order valence-corrected chi connectivity index (χ4v) is 5.02. The summed E-state index contributed by atoms with van der Waals surface area (Å²) in [5, 5.41) is 6.85. The summed E-state index contributed by atoms with van der Waals surface area (Å²) in [6.07, 6.45) is 2.08. The first-order chi connectivity index (χ1) is 16.1. The summed E-state index contributed by atoms with van der Waals surface area (Å²) >= 11 is 1.66. The van der Waals surface area contributed by atoms with Crippen LogP contribution in [0.3, 0.4) is 0 Å².